The molecule has 0 radical (unpaired) electrons. The fraction of sp³-hybridized carbons (Fsp3) is 0.767. The van der Waals surface area contributed by atoms with Crippen molar-refractivity contribution in [2.24, 2.45) is 35.5 Å². The fourth-order valence-electron chi connectivity index (χ4n) is 7.43. The van der Waals surface area contributed by atoms with Crippen LogP contribution in [-0.2, 0) is 11.0 Å². The lowest BCUT2D eigenvalue weighted by molar-refractivity contribution is -0.144. The highest BCUT2D eigenvalue weighted by Crippen LogP contribution is 2.50. The van der Waals surface area contributed by atoms with Gasteiger partial charge < -0.3 is 4.74 Å². The van der Waals surface area contributed by atoms with Crippen LogP contribution in [0.15, 0.2) is 24.3 Å². The molecule has 35 heavy (non-hydrogen) atoms. The van der Waals surface area contributed by atoms with Crippen LogP contribution in [0.2, 0.25) is 0 Å². The average Bonchev–Trinajstić information content (AvgIpc) is 2.86. The van der Waals surface area contributed by atoms with E-state index >= 15 is 0 Å². The summed E-state index contributed by atoms with van der Waals surface area (Å²) in [5.74, 6) is 3.43. The normalized spacial score (nSPS) is 31.5. The quantitative estimate of drug-likeness (QED) is 0.205. The summed E-state index contributed by atoms with van der Waals surface area (Å²) in [6.45, 7) is 2.27. The van der Waals surface area contributed by atoms with E-state index in [-0.39, 0.29) is 17.6 Å². The Bertz CT molecular complexity index is 795. The standard InChI is InChI=1S/C30H43F3O2/c1-2-3-4-5-7-21-10-12-22(13-11-21)23-14-19-27-24(20-23)8-6-9-28(27)29(34)35-26-17-15-25(16-18-26)30(31,32)33/h15-18,21-24,27-28H,2-14,19-20H2,1H3. The van der Waals surface area contributed by atoms with E-state index in [1.807, 2.05) is 0 Å². The van der Waals surface area contributed by atoms with Crippen molar-refractivity contribution in [1.82, 2.24) is 0 Å². The molecule has 3 saturated carbocycles. The number of ether oxygens (including phenoxy) is 1. The Morgan fingerprint density at radius 3 is 2.26 bits per heavy atom. The van der Waals surface area contributed by atoms with Crippen molar-refractivity contribution in [3.63, 3.8) is 0 Å². The van der Waals surface area contributed by atoms with E-state index in [2.05, 4.69) is 6.92 Å². The summed E-state index contributed by atoms with van der Waals surface area (Å²) in [4.78, 5) is 13.0. The fourth-order valence-corrected chi connectivity index (χ4v) is 7.43. The van der Waals surface area contributed by atoms with Gasteiger partial charge in [0, 0.05) is 0 Å². The first-order valence-electron chi connectivity index (χ1n) is 14.2. The van der Waals surface area contributed by atoms with Crippen molar-refractivity contribution < 1.29 is 22.7 Å². The minimum atomic E-state index is -4.38. The Balaban J connectivity index is 1.25. The molecule has 3 aliphatic carbocycles. The maximum atomic E-state index is 13.0. The summed E-state index contributed by atoms with van der Waals surface area (Å²) < 4.78 is 44.0. The van der Waals surface area contributed by atoms with Gasteiger partial charge in [0.1, 0.15) is 5.75 Å². The van der Waals surface area contributed by atoms with Crippen LogP contribution >= 0.6 is 0 Å². The molecular formula is C30H43F3O2. The zero-order valence-corrected chi connectivity index (χ0v) is 21.3. The zero-order chi connectivity index (χ0) is 24.8. The van der Waals surface area contributed by atoms with Gasteiger partial charge in [0.25, 0.3) is 0 Å². The van der Waals surface area contributed by atoms with Gasteiger partial charge in [0.05, 0.1) is 11.5 Å². The molecule has 0 amide bonds. The summed E-state index contributed by atoms with van der Waals surface area (Å²) in [5, 5.41) is 0. The van der Waals surface area contributed by atoms with E-state index in [0.29, 0.717) is 11.8 Å². The van der Waals surface area contributed by atoms with Gasteiger partial charge in [0.2, 0.25) is 0 Å². The van der Waals surface area contributed by atoms with Gasteiger partial charge in [-0.1, -0.05) is 64.7 Å². The number of fused-ring (bicyclic) bond motifs is 1. The molecule has 3 aliphatic rings. The minimum absolute atomic E-state index is 0.115. The van der Waals surface area contributed by atoms with E-state index in [9.17, 15) is 18.0 Å². The van der Waals surface area contributed by atoms with E-state index in [0.717, 1.165) is 49.1 Å². The highest BCUT2D eigenvalue weighted by Gasteiger charge is 2.43. The Hall–Kier alpha value is -1.52. The predicted molar refractivity (Wildman–Crippen MR) is 133 cm³/mol. The first-order valence-corrected chi connectivity index (χ1v) is 14.2. The van der Waals surface area contributed by atoms with E-state index in [4.69, 9.17) is 4.74 Å². The predicted octanol–water partition coefficient (Wildman–Crippen LogP) is 9.22. The molecule has 0 aromatic heterocycles. The lowest BCUT2D eigenvalue weighted by Gasteiger charge is -2.46. The molecule has 4 unspecified atom stereocenters. The van der Waals surface area contributed by atoms with Gasteiger partial charge >= 0.3 is 12.1 Å². The van der Waals surface area contributed by atoms with Gasteiger partial charge in [-0.05, 0) is 92.4 Å². The van der Waals surface area contributed by atoms with Crippen molar-refractivity contribution in [3.05, 3.63) is 29.8 Å². The molecule has 4 rings (SSSR count). The second kappa shape index (κ2) is 12.1. The number of hydrogen-bond donors (Lipinski definition) is 0. The van der Waals surface area contributed by atoms with Crippen LogP contribution in [0, 0.1) is 35.5 Å². The van der Waals surface area contributed by atoms with E-state index in [1.54, 1.807) is 0 Å². The number of halogens is 3. The van der Waals surface area contributed by atoms with Gasteiger partial charge in [0.15, 0.2) is 0 Å². The lowest BCUT2D eigenvalue weighted by atomic mass is 9.59. The zero-order valence-electron chi connectivity index (χ0n) is 21.3. The summed E-state index contributed by atoms with van der Waals surface area (Å²) in [6, 6.07) is 4.49. The van der Waals surface area contributed by atoms with Crippen LogP contribution in [0.1, 0.15) is 109 Å². The summed E-state index contributed by atoms with van der Waals surface area (Å²) in [6.07, 6.45) is 14.8. The van der Waals surface area contributed by atoms with Gasteiger partial charge in [-0.3, -0.25) is 4.79 Å². The molecule has 3 fully saturated rings. The molecule has 5 heteroatoms. The lowest BCUT2D eigenvalue weighted by Crippen LogP contribution is -2.40. The number of carbonyl (C=O) groups excluding carboxylic acids is 1. The number of esters is 1. The molecule has 0 aliphatic heterocycles. The van der Waals surface area contributed by atoms with Crippen LogP contribution in [-0.4, -0.2) is 5.97 Å². The van der Waals surface area contributed by atoms with Gasteiger partial charge in [-0.25, -0.2) is 0 Å². The molecule has 196 valence electrons. The Morgan fingerprint density at radius 1 is 0.857 bits per heavy atom. The molecule has 1 aromatic carbocycles. The topological polar surface area (TPSA) is 26.3 Å². The molecule has 0 heterocycles. The maximum Gasteiger partial charge on any atom is 0.416 e. The van der Waals surface area contributed by atoms with Crippen LogP contribution in [0.25, 0.3) is 0 Å². The third kappa shape index (κ3) is 7.04. The van der Waals surface area contributed by atoms with Crippen molar-refractivity contribution in [3.8, 4) is 5.75 Å². The number of alkyl halides is 3. The van der Waals surface area contributed by atoms with Crippen molar-refractivity contribution in [2.75, 3.05) is 0 Å². The van der Waals surface area contributed by atoms with Crippen LogP contribution < -0.4 is 4.74 Å². The summed E-state index contributed by atoms with van der Waals surface area (Å²) >= 11 is 0. The summed E-state index contributed by atoms with van der Waals surface area (Å²) in [5.41, 5.74) is -0.723. The van der Waals surface area contributed by atoms with Gasteiger partial charge in [-0.2, -0.15) is 13.2 Å². The molecule has 4 atom stereocenters. The minimum Gasteiger partial charge on any atom is -0.426 e. The number of unbranched alkanes of at least 4 members (excludes halogenated alkanes) is 3. The second-order valence-corrected chi connectivity index (χ2v) is 11.6. The van der Waals surface area contributed by atoms with Crippen molar-refractivity contribution in [1.29, 1.82) is 0 Å². The third-order valence-corrected chi connectivity index (χ3v) is 9.42. The molecule has 0 spiro atoms. The number of carbonyl (C=O) groups is 1. The van der Waals surface area contributed by atoms with Crippen molar-refractivity contribution in [2.45, 2.75) is 109 Å². The molecule has 0 saturated heterocycles. The third-order valence-electron chi connectivity index (χ3n) is 9.42. The molecule has 2 nitrogen and oxygen atoms in total. The number of benzene rings is 1. The SMILES string of the molecule is CCCCCCC1CCC(C2CCC3C(CCCC3C(=O)Oc3ccc(C(F)(F)F)cc3)C2)CC1. The first kappa shape index (κ1) is 26.5. The monoisotopic (exact) mass is 492 g/mol. The van der Waals surface area contributed by atoms with E-state index in [1.165, 1.54) is 89.2 Å². The Kier molecular flexibility index (Phi) is 9.21. The van der Waals surface area contributed by atoms with Crippen LogP contribution in [0.3, 0.4) is 0 Å². The maximum absolute atomic E-state index is 13.0. The summed E-state index contributed by atoms with van der Waals surface area (Å²) in [7, 11) is 0. The first-order chi connectivity index (χ1) is 16.8. The average molecular weight is 493 g/mol. The molecule has 1 aromatic rings. The van der Waals surface area contributed by atoms with Gasteiger partial charge in [-0.15, -0.1) is 0 Å². The van der Waals surface area contributed by atoms with Crippen molar-refractivity contribution >= 4 is 5.97 Å². The number of rotatable bonds is 8. The highest BCUT2D eigenvalue weighted by molar-refractivity contribution is 5.75. The van der Waals surface area contributed by atoms with Crippen LogP contribution in [0.4, 0.5) is 13.2 Å². The number of hydrogen-bond acceptors (Lipinski definition) is 2. The van der Waals surface area contributed by atoms with E-state index < -0.39 is 11.7 Å². The molecule has 0 N–H and O–H groups in total. The Morgan fingerprint density at radius 2 is 1.57 bits per heavy atom. The molecular weight excluding hydrogens is 449 g/mol. The largest absolute Gasteiger partial charge is 0.426 e. The highest BCUT2D eigenvalue weighted by atomic mass is 19.4. The molecule has 0 bridgehead atoms. The second-order valence-electron chi connectivity index (χ2n) is 11.6. The Labute approximate surface area is 209 Å². The van der Waals surface area contributed by atoms with Crippen LogP contribution in [0.5, 0.6) is 5.75 Å². The smallest absolute Gasteiger partial charge is 0.416 e.